The Labute approximate surface area is 182 Å². The third kappa shape index (κ3) is 4.73. The lowest BCUT2D eigenvalue weighted by atomic mass is 9.49. The van der Waals surface area contributed by atoms with Crippen molar-refractivity contribution in [1.29, 1.82) is 0 Å². The van der Waals surface area contributed by atoms with Crippen LogP contribution < -0.4 is 5.11 Å². The number of thioether (sulfide) groups is 1. The molecule has 0 N–H and O–H groups in total. The molecule has 2 heterocycles. The summed E-state index contributed by atoms with van der Waals surface area (Å²) in [5.74, 6) is 1.99. The van der Waals surface area contributed by atoms with Gasteiger partial charge in [0.1, 0.15) is 11.8 Å². The zero-order chi connectivity index (χ0) is 22.2. The summed E-state index contributed by atoms with van der Waals surface area (Å²) in [5.41, 5.74) is 1.56. The number of rotatable bonds is 4. The molecule has 6 rings (SSSR count). The van der Waals surface area contributed by atoms with Gasteiger partial charge >= 0.3 is 6.18 Å². The van der Waals surface area contributed by atoms with Gasteiger partial charge in [-0.15, -0.1) is 10.2 Å². The first kappa shape index (κ1) is 22.1. The molecular weight excluding hydrogens is 429 g/mol. The van der Waals surface area contributed by atoms with E-state index in [1.807, 2.05) is 18.5 Å². The summed E-state index contributed by atoms with van der Waals surface area (Å²) in [6.07, 6.45) is 7.01. The van der Waals surface area contributed by atoms with Gasteiger partial charge in [-0.3, -0.25) is 4.98 Å². The number of hydrogen-bond acceptors (Lipinski definition) is 6. The minimum Gasteiger partial charge on any atom is -0.542 e. The van der Waals surface area contributed by atoms with Crippen LogP contribution in [0.4, 0.5) is 13.2 Å². The summed E-state index contributed by atoms with van der Waals surface area (Å²) in [4.78, 5) is 13.0. The molecule has 4 bridgehead atoms. The molecule has 4 saturated carbocycles. The molecule has 0 aliphatic heterocycles. The van der Waals surface area contributed by atoms with E-state index in [1.165, 1.54) is 49.9 Å². The van der Waals surface area contributed by atoms with Crippen molar-refractivity contribution in [1.82, 2.24) is 19.7 Å². The Bertz CT molecular complexity index is 897. The van der Waals surface area contributed by atoms with E-state index in [9.17, 15) is 13.2 Å². The van der Waals surface area contributed by atoms with Crippen molar-refractivity contribution in [2.75, 3.05) is 0 Å². The van der Waals surface area contributed by atoms with Crippen molar-refractivity contribution in [3.8, 4) is 0 Å². The first-order valence-electron chi connectivity index (χ1n) is 10.4. The van der Waals surface area contributed by atoms with Crippen molar-refractivity contribution in [3.63, 3.8) is 0 Å². The van der Waals surface area contributed by atoms with Gasteiger partial charge in [-0.1, -0.05) is 17.8 Å². The molecule has 0 spiro atoms. The number of hydrogen-bond donors (Lipinski definition) is 0. The Hall–Kier alpha value is -2.10. The maximum Gasteiger partial charge on any atom is 0.430 e. The summed E-state index contributed by atoms with van der Waals surface area (Å²) >= 11 is 1.77. The first-order chi connectivity index (χ1) is 14.7. The number of carbonyl (C=O) groups is 1. The van der Waals surface area contributed by atoms with Crippen LogP contribution in [-0.4, -0.2) is 31.9 Å². The van der Waals surface area contributed by atoms with E-state index in [1.54, 1.807) is 11.8 Å². The predicted octanol–water partition coefficient (Wildman–Crippen LogP) is 3.27. The van der Waals surface area contributed by atoms with Gasteiger partial charge in [0, 0.05) is 30.6 Å². The molecule has 0 amide bonds. The third-order valence-electron chi connectivity index (χ3n) is 6.67. The number of carboxylic acid groups (broad SMARTS) is 1. The Morgan fingerprint density at radius 3 is 2.26 bits per heavy atom. The molecule has 2 aromatic rings. The van der Waals surface area contributed by atoms with Crippen LogP contribution in [0, 0.1) is 17.8 Å². The molecule has 31 heavy (non-hydrogen) atoms. The fourth-order valence-corrected chi connectivity index (χ4v) is 6.76. The minimum atomic E-state index is -5.19. The van der Waals surface area contributed by atoms with E-state index in [0.29, 0.717) is 5.41 Å². The van der Waals surface area contributed by atoms with Crippen molar-refractivity contribution >= 4 is 17.7 Å². The van der Waals surface area contributed by atoms with Crippen molar-refractivity contribution in [2.24, 2.45) is 24.8 Å². The van der Waals surface area contributed by atoms with E-state index in [0.717, 1.165) is 28.7 Å². The van der Waals surface area contributed by atoms with Gasteiger partial charge in [-0.05, 0) is 67.9 Å². The average Bonchev–Trinajstić information content (AvgIpc) is 3.07. The number of nitrogens with zero attached hydrogens (tertiary/aromatic N) is 4. The second kappa shape index (κ2) is 8.44. The topological polar surface area (TPSA) is 83.7 Å². The molecule has 0 unspecified atom stereocenters. The third-order valence-corrected chi connectivity index (χ3v) is 7.76. The standard InChI is InChI=1S/C19H24N4S.C2HF3O2/c1-23-17(19-8-14-5-15(9-19)7-16(6-14)10-19)21-22-18(23)24-12-13-3-2-4-20-11-13;3-2(4,5)1(6)7/h2-4,11,14-16H,5-10,12H2,1H3;(H,6,7)/p-1. The van der Waals surface area contributed by atoms with Crippen LogP contribution >= 0.6 is 11.8 Å². The first-order valence-corrected chi connectivity index (χ1v) is 11.3. The Morgan fingerprint density at radius 1 is 1.19 bits per heavy atom. The van der Waals surface area contributed by atoms with E-state index in [2.05, 4.69) is 27.8 Å². The molecule has 0 saturated heterocycles. The highest BCUT2D eigenvalue weighted by atomic mass is 32.2. The Morgan fingerprint density at radius 2 is 1.77 bits per heavy atom. The lowest BCUT2D eigenvalue weighted by Crippen LogP contribution is -2.49. The predicted molar refractivity (Wildman–Crippen MR) is 106 cm³/mol. The van der Waals surface area contributed by atoms with Gasteiger partial charge in [-0.2, -0.15) is 13.2 Å². The number of aliphatic carboxylic acids is 1. The molecule has 168 valence electrons. The van der Waals surface area contributed by atoms with E-state index in [-0.39, 0.29) is 0 Å². The second-order valence-corrected chi connectivity index (χ2v) is 9.94. The largest absolute Gasteiger partial charge is 0.542 e. The number of alkyl halides is 3. The molecular formula is C21H24F3N4O2S-. The zero-order valence-corrected chi connectivity index (χ0v) is 18.0. The number of aromatic nitrogens is 4. The van der Waals surface area contributed by atoms with E-state index >= 15 is 0 Å². The van der Waals surface area contributed by atoms with Crippen molar-refractivity contribution < 1.29 is 23.1 Å². The van der Waals surface area contributed by atoms with Crippen LogP contribution in [0.25, 0.3) is 0 Å². The smallest absolute Gasteiger partial charge is 0.430 e. The van der Waals surface area contributed by atoms with E-state index in [4.69, 9.17) is 15.0 Å². The van der Waals surface area contributed by atoms with Gasteiger partial charge < -0.3 is 14.5 Å². The van der Waals surface area contributed by atoms with Crippen LogP contribution in [0.1, 0.15) is 49.9 Å². The fourth-order valence-electron chi connectivity index (χ4n) is 5.92. The Balaban J connectivity index is 0.000000289. The van der Waals surface area contributed by atoms with Crippen LogP contribution in [-0.2, 0) is 23.0 Å². The van der Waals surface area contributed by atoms with Gasteiger partial charge in [0.05, 0.1) is 0 Å². The summed E-state index contributed by atoms with van der Waals surface area (Å²) < 4.78 is 33.8. The van der Waals surface area contributed by atoms with Gasteiger partial charge in [0.2, 0.25) is 0 Å². The lowest BCUT2D eigenvalue weighted by molar-refractivity contribution is -0.344. The van der Waals surface area contributed by atoms with Crippen molar-refractivity contribution in [2.45, 2.75) is 61.0 Å². The molecule has 0 radical (unpaired) electrons. The summed E-state index contributed by atoms with van der Waals surface area (Å²) in [6, 6.07) is 4.11. The molecule has 10 heteroatoms. The number of carbonyl (C=O) groups excluding carboxylic acids is 1. The molecule has 0 aromatic carbocycles. The average molecular weight is 454 g/mol. The molecule has 6 nitrogen and oxygen atoms in total. The molecule has 4 aliphatic rings. The quantitative estimate of drug-likeness (QED) is 0.661. The van der Waals surface area contributed by atoms with Crippen LogP contribution in [0.5, 0.6) is 0 Å². The minimum absolute atomic E-state index is 0.323. The summed E-state index contributed by atoms with van der Waals surface area (Å²) in [5, 5.41) is 19.1. The molecule has 4 aliphatic carbocycles. The Kier molecular flexibility index (Phi) is 6.02. The maximum absolute atomic E-state index is 10.5. The monoisotopic (exact) mass is 453 g/mol. The normalized spacial score (nSPS) is 28.8. The summed E-state index contributed by atoms with van der Waals surface area (Å²) in [6.45, 7) is 0. The van der Waals surface area contributed by atoms with Gasteiger partial charge in [0.15, 0.2) is 5.16 Å². The highest BCUT2D eigenvalue weighted by molar-refractivity contribution is 7.98. The number of halogens is 3. The molecule has 2 aromatic heterocycles. The zero-order valence-electron chi connectivity index (χ0n) is 17.1. The van der Waals surface area contributed by atoms with Crippen LogP contribution in [0.15, 0.2) is 29.7 Å². The van der Waals surface area contributed by atoms with Gasteiger partial charge in [0.25, 0.3) is 0 Å². The maximum atomic E-state index is 10.5. The SMILES string of the molecule is Cn1c(SCc2cccnc2)nnc1C12CC3CC(CC(C3)C1)C2.O=C([O-])C(F)(F)F. The molecule has 0 atom stereocenters. The summed E-state index contributed by atoms with van der Waals surface area (Å²) in [7, 11) is 2.17. The van der Waals surface area contributed by atoms with Crippen LogP contribution in [0.2, 0.25) is 0 Å². The highest BCUT2D eigenvalue weighted by Crippen LogP contribution is 2.60. The number of carboxylic acids is 1. The van der Waals surface area contributed by atoms with Crippen molar-refractivity contribution in [3.05, 3.63) is 35.9 Å². The second-order valence-electron chi connectivity index (χ2n) is 9.00. The fraction of sp³-hybridized carbons (Fsp3) is 0.619. The molecule has 4 fully saturated rings. The van der Waals surface area contributed by atoms with Gasteiger partial charge in [-0.25, -0.2) is 0 Å². The highest BCUT2D eigenvalue weighted by Gasteiger charge is 2.53. The lowest BCUT2D eigenvalue weighted by Gasteiger charge is -2.56. The van der Waals surface area contributed by atoms with Crippen LogP contribution in [0.3, 0.4) is 0 Å². The number of pyridine rings is 1. The van der Waals surface area contributed by atoms with E-state index < -0.39 is 12.1 Å².